The van der Waals surface area contributed by atoms with Crippen molar-refractivity contribution in [2.45, 2.75) is 31.3 Å². The van der Waals surface area contributed by atoms with Gasteiger partial charge in [0.15, 0.2) is 0 Å². The fourth-order valence-corrected chi connectivity index (χ4v) is 4.28. The summed E-state index contributed by atoms with van der Waals surface area (Å²) < 4.78 is 27.4. The number of halogens is 2. The number of nitrogens with one attached hydrogen (secondary N) is 1. The lowest BCUT2D eigenvalue weighted by atomic mass is 9.76. The predicted octanol–water partition coefficient (Wildman–Crippen LogP) is 2.80. The molecule has 136 valence electrons. The van der Waals surface area contributed by atoms with Crippen LogP contribution < -0.4 is 5.32 Å². The molecule has 4 heterocycles. The molecular formula is C20H21F2N3O. The number of hydrogen-bond acceptors (Lipinski definition) is 3. The van der Waals surface area contributed by atoms with Crippen molar-refractivity contribution in [2.24, 2.45) is 5.92 Å². The van der Waals surface area contributed by atoms with Crippen LogP contribution in [-0.2, 0) is 6.42 Å². The summed E-state index contributed by atoms with van der Waals surface area (Å²) in [5.41, 5.74) is 0.878. The Morgan fingerprint density at radius 2 is 2.04 bits per heavy atom. The molecule has 2 bridgehead atoms. The van der Waals surface area contributed by atoms with Crippen molar-refractivity contribution < 1.29 is 13.6 Å². The summed E-state index contributed by atoms with van der Waals surface area (Å²) in [6.07, 6.45) is 6.39. The quantitative estimate of drug-likeness (QED) is 0.915. The molecule has 0 radical (unpaired) electrons. The minimum atomic E-state index is -0.700. The summed E-state index contributed by atoms with van der Waals surface area (Å²) >= 11 is 0. The smallest absolute Gasteiger partial charge is 0.254 e. The summed E-state index contributed by atoms with van der Waals surface area (Å²) in [6.45, 7) is 2.02. The summed E-state index contributed by atoms with van der Waals surface area (Å²) in [7, 11) is 0. The molecule has 1 N–H and O–H groups in total. The molecule has 0 aliphatic carbocycles. The average Bonchev–Trinajstić information content (AvgIpc) is 2.67. The second-order valence-corrected chi connectivity index (χ2v) is 7.13. The van der Waals surface area contributed by atoms with Crippen molar-refractivity contribution in [2.75, 3.05) is 13.1 Å². The van der Waals surface area contributed by atoms with E-state index in [0.29, 0.717) is 5.92 Å². The number of rotatable bonds is 4. The SMILES string of the molecule is O=C(N[C@@H]1C2CCN(CC2)[C@H]1Cc1cccnc1)c1cc(F)ccc1F. The van der Waals surface area contributed by atoms with E-state index in [1.165, 1.54) is 0 Å². The van der Waals surface area contributed by atoms with Crippen LogP contribution >= 0.6 is 0 Å². The van der Waals surface area contributed by atoms with Gasteiger partial charge in [0.25, 0.3) is 5.91 Å². The third-order valence-electron chi connectivity index (χ3n) is 5.60. The molecule has 1 amide bonds. The molecule has 2 atom stereocenters. The zero-order valence-corrected chi connectivity index (χ0v) is 14.4. The summed E-state index contributed by atoms with van der Waals surface area (Å²) in [6, 6.07) is 6.98. The number of hydrogen-bond donors (Lipinski definition) is 1. The van der Waals surface area contributed by atoms with Gasteiger partial charge in [0.2, 0.25) is 0 Å². The van der Waals surface area contributed by atoms with Crippen LogP contribution in [0.2, 0.25) is 0 Å². The molecule has 0 spiro atoms. The zero-order chi connectivity index (χ0) is 18.1. The lowest BCUT2D eigenvalue weighted by molar-refractivity contribution is 0.0135. The third kappa shape index (κ3) is 3.33. The first-order chi connectivity index (χ1) is 12.6. The molecule has 1 aromatic carbocycles. The number of nitrogens with zero attached hydrogens (tertiary/aromatic N) is 2. The highest BCUT2D eigenvalue weighted by molar-refractivity contribution is 5.94. The van der Waals surface area contributed by atoms with Gasteiger partial charge in [0, 0.05) is 24.5 Å². The van der Waals surface area contributed by atoms with E-state index in [1.807, 2.05) is 18.3 Å². The van der Waals surface area contributed by atoms with E-state index in [0.717, 1.165) is 56.1 Å². The molecule has 26 heavy (non-hydrogen) atoms. The van der Waals surface area contributed by atoms with Gasteiger partial charge in [-0.05, 0) is 68.1 Å². The summed E-state index contributed by atoms with van der Waals surface area (Å²) in [5, 5.41) is 3.00. The first-order valence-corrected chi connectivity index (χ1v) is 9.00. The van der Waals surface area contributed by atoms with Crippen molar-refractivity contribution in [1.82, 2.24) is 15.2 Å². The molecule has 5 rings (SSSR count). The average molecular weight is 357 g/mol. The molecule has 6 heteroatoms. The maximum Gasteiger partial charge on any atom is 0.254 e. The maximum atomic E-state index is 14.0. The Balaban J connectivity index is 1.56. The fourth-order valence-electron chi connectivity index (χ4n) is 4.28. The summed E-state index contributed by atoms with van der Waals surface area (Å²) in [4.78, 5) is 19.2. The standard InChI is InChI=1S/C20H21F2N3O/c21-15-3-4-17(22)16(11-15)20(26)24-19-14-5-8-25(9-6-14)18(19)10-13-2-1-7-23-12-13/h1-4,7,11-12,14,18-19H,5-6,8-10H2,(H,24,26)/t18-,19+/m0/s1. The minimum Gasteiger partial charge on any atom is -0.347 e. The van der Waals surface area contributed by atoms with Crippen LogP contribution in [0.3, 0.4) is 0 Å². The first kappa shape index (κ1) is 17.1. The molecule has 0 unspecified atom stereocenters. The van der Waals surface area contributed by atoms with E-state index in [4.69, 9.17) is 0 Å². The Morgan fingerprint density at radius 3 is 2.77 bits per heavy atom. The summed E-state index contributed by atoms with van der Waals surface area (Å²) in [5.74, 6) is -1.49. The molecule has 2 aromatic rings. The fraction of sp³-hybridized carbons (Fsp3) is 0.400. The van der Waals surface area contributed by atoms with Crippen molar-refractivity contribution >= 4 is 5.91 Å². The van der Waals surface area contributed by atoms with Crippen molar-refractivity contribution in [3.8, 4) is 0 Å². The van der Waals surface area contributed by atoms with Gasteiger partial charge in [0.1, 0.15) is 11.6 Å². The Hall–Kier alpha value is -2.34. The maximum absolute atomic E-state index is 14.0. The van der Waals surface area contributed by atoms with E-state index in [2.05, 4.69) is 15.2 Å². The highest BCUT2D eigenvalue weighted by atomic mass is 19.1. The highest BCUT2D eigenvalue weighted by Gasteiger charge is 2.43. The molecular weight excluding hydrogens is 336 g/mol. The van der Waals surface area contributed by atoms with E-state index in [9.17, 15) is 13.6 Å². The molecule has 3 saturated heterocycles. The highest BCUT2D eigenvalue weighted by Crippen LogP contribution is 2.34. The van der Waals surface area contributed by atoms with Gasteiger partial charge in [-0.15, -0.1) is 0 Å². The van der Waals surface area contributed by atoms with Gasteiger partial charge in [-0.25, -0.2) is 8.78 Å². The number of carbonyl (C=O) groups is 1. The number of pyridine rings is 1. The monoisotopic (exact) mass is 357 g/mol. The molecule has 0 saturated carbocycles. The van der Waals surface area contributed by atoms with Crippen LogP contribution in [0.25, 0.3) is 0 Å². The minimum absolute atomic E-state index is 0.0760. The van der Waals surface area contributed by atoms with Crippen LogP contribution in [0, 0.1) is 17.6 Å². The van der Waals surface area contributed by atoms with Crippen LogP contribution in [0.15, 0.2) is 42.7 Å². The largest absolute Gasteiger partial charge is 0.347 e. The van der Waals surface area contributed by atoms with Crippen molar-refractivity contribution in [1.29, 1.82) is 0 Å². The molecule has 3 aliphatic rings. The lowest BCUT2D eigenvalue weighted by Crippen LogP contribution is -2.64. The van der Waals surface area contributed by atoms with Gasteiger partial charge in [0.05, 0.1) is 5.56 Å². The lowest BCUT2D eigenvalue weighted by Gasteiger charge is -2.51. The van der Waals surface area contributed by atoms with Crippen LogP contribution in [0.4, 0.5) is 8.78 Å². The normalized spacial score (nSPS) is 27.3. The molecule has 3 fully saturated rings. The van der Waals surface area contributed by atoms with Crippen molar-refractivity contribution in [3.05, 3.63) is 65.5 Å². The number of benzene rings is 1. The number of carbonyl (C=O) groups excluding carboxylic acids is 1. The van der Waals surface area contributed by atoms with Gasteiger partial charge in [-0.1, -0.05) is 6.07 Å². The second kappa shape index (κ2) is 7.11. The van der Waals surface area contributed by atoms with Gasteiger partial charge >= 0.3 is 0 Å². The Morgan fingerprint density at radius 1 is 1.23 bits per heavy atom. The second-order valence-electron chi connectivity index (χ2n) is 7.13. The van der Waals surface area contributed by atoms with Gasteiger partial charge in [-0.3, -0.25) is 14.7 Å². The predicted molar refractivity (Wildman–Crippen MR) is 93.6 cm³/mol. The van der Waals surface area contributed by atoms with E-state index >= 15 is 0 Å². The zero-order valence-electron chi connectivity index (χ0n) is 14.4. The van der Waals surface area contributed by atoms with Crippen LogP contribution in [0.1, 0.15) is 28.8 Å². The van der Waals surface area contributed by atoms with Gasteiger partial charge in [-0.2, -0.15) is 0 Å². The number of aromatic nitrogens is 1. The van der Waals surface area contributed by atoms with E-state index in [-0.39, 0.29) is 17.6 Å². The van der Waals surface area contributed by atoms with Crippen LogP contribution in [-0.4, -0.2) is 41.0 Å². The molecule has 3 aliphatic heterocycles. The number of fused-ring (bicyclic) bond motifs is 3. The first-order valence-electron chi connectivity index (χ1n) is 9.00. The molecule has 1 aromatic heterocycles. The Labute approximate surface area is 151 Å². The molecule has 4 nitrogen and oxygen atoms in total. The van der Waals surface area contributed by atoms with Crippen LogP contribution in [0.5, 0.6) is 0 Å². The van der Waals surface area contributed by atoms with E-state index < -0.39 is 17.5 Å². The van der Waals surface area contributed by atoms with E-state index in [1.54, 1.807) is 6.20 Å². The number of piperidine rings is 3. The third-order valence-corrected chi connectivity index (χ3v) is 5.60. The van der Waals surface area contributed by atoms with Crippen molar-refractivity contribution in [3.63, 3.8) is 0 Å². The van der Waals surface area contributed by atoms with Gasteiger partial charge < -0.3 is 5.32 Å². The number of amides is 1. The Kier molecular flexibility index (Phi) is 4.68. The Bertz CT molecular complexity index is 791. The topological polar surface area (TPSA) is 45.2 Å².